The Balaban J connectivity index is 0.000000120. The number of ketones is 1. The van der Waals surface area contributed by atoms with Crippen LogP contribution in [0.25, 0.3) is 11.0 Å². The Kier molecular flexibility index (Phi) is 25.3. The SMILES string of the molecule is C=C1Cc2cc(CN3CCc4cc(CC(=O)OC(C)(C)C)ccc43)ccc2N1.C=C1Cc2cc(CN3CCc4cc(CC(C)=O)ccc43)ccc2N1.C=C1Nc2ccc(CC(=O)N3CCN(Cc4ccc(Cl)cc4)CC3)cc2N1.C=C1Nc2ccc(Cc3ccc(C(=O)OC)cn3)cc2N1.C=C1Nc2ccc(NS(=O)(=O)c3coc4ccccc34)cc2N1. The molecule has 25 heteroatoms. The van der Waals surface area contributed by atoms with Gasteiger partial charge in [0.2, 0.25) is 5.91 Å². The van der Waals surface area contributed by atoms with Gasteiger partial charge >= 0.3 is 11.9 Å². The summed E-state index contributed by atoms with van der Waals surface area (Å²) in [5, 5.41) is 26.7. The van der Waals surface area contributed by atoms with Crippen LogP contribution in [0.5, 0.6) is 0 Å². The number of ether oxygens (including phenoxy) is 2. The Labute approximate surface area is 723 Å². The number of anilines is 11. The van der Waals surface area contributed by atoms with E-state index in [1.54, 1.807) is 55.5 Å². The van der Waals surface area contributed by atoms with E-state index in [1.807, 2.05) is 74.2 Å². The van der Waals surface area contributed by atoms with E-state index in [9.17, 15) is 27.6 Å². The van der Waals surface area contributed by atoms with Crippen LogP contribution in [0.3, 0.4) is 0 Å². The van der Waals surface area contributed by atoms with Crippen LogP contribution in [0.1, 0.15) is 105 Å². The number of hydrogen-bond donors (Lipinski definition) is 9. The number of para-hydroxylation sites is 1. The molecular weight excluding hydrogens is 1580 g/mol. The van der Waals surface area contributed by atoms with Gasteiger partial charge in [0.05, 0.1) is 65.3 Å². The summed E-state index contributed by atoms with van der Waals surface area (Å²) in [7, 11) is -2.39. The zero-order chi connectivity index (χ0) is 86.2. The first kappa shape index (κ1) is 84.5. The molecule has 630 valence electrons. The van der Waals surface area contributed by atoms with Gasteiger partial charge in [-0.2, -0.15) is 0 Å². The fourth-order valence-corrected chi connectivity index (χ4v) is 17.5. The molecule has 0 aliphatic carbocycles. The van der Waals surface area contributed by atoms with Crippen LogP contribution in [0, 0.1) is 0 Å². The lowest BCUT2D eigenvalue weighted by Gasteiger charge is -2.35. The van der Waals surface area contributed by atoms with E-state index >= 15 is 0 Å². The summed E-state index contributed by atoms with van der Waals surface area (Å²) in [6.45, 7) is 35.0. The number of fused-ring (bicyclic) bond motifs is 8. The highest BCUT2D eigenvalue weighted by Crippen LogP contribution is 2.39. The van der Waals surface area contributed by atoms with Gasteiger partial charge in [-0.25, -0.2) is 13.2 Å². The molecule has 1 fully saturated rings. The van der Waals surface area contributed by atoms with Crippen molar-refractivity contribution in [1.82, 2.24) is 14.8 Å². The van der Waals surface area contributed by atoms with Gasteiger partial charge in [-0.3, -0.25) is 29.0 Å². The van der Waals surface area contributed by atoms with E-state index in [4.69, 9.17) is 20.8 Å². The van der Waals surface area contributed by atoms with E-state index in [0.29, 0.717) is 53.7 Å². The number of methoxy groups -OCH3 is 1. The second kappa shape index (κ2) is 36.8. The predicted molar refractivity (Wildman–Crippen MR) is 493 cm³/mol. The topological polar surface area (TPSA) is 268 Å². The largest absolute Gasteiger partial charge is 0.465 e. The molecule has 9 aromatic carbocycles. The molecular formula is C98H101ClN14O9S. The molecule has 0 spiro atoms. The summed E-state index contributed by atoms with van der Waals surface area (Å²) in [4.78, 5) is 61.1. The van der Waals surface area contributed by atoms with Gasteiger partial charge < -0.3 is 71.1 Å². The lowest BCUT2D eigenvalue weighted by molar-refractivity contribution is -0.154. The molecule has 19 rings (SSSR count). The van der Waals surface area contributed by atoms with Crippen molar-refractivity contribution in [2.45, 2.75) is 109 Å². The van der Waals surface area contributed by atoms with Gasteiger partial charge in [0.1, 0.15) is 45.6 Å². The number of benzene rings is 9. The molecule has 23 nitrogen and oxygen atoms in total. The van der Waals surface area contributed by atoms with Crippen LogP contribution in [0.4, 0.5) is 62.6 Å². The maximum absolute atomic E-state index is 12.7. The lowest BCUT2D eigenvalue weighted by Crippen LogP contribution is -2.48. The normalized spacial score (nSPS) is 14.7. The number of Topliss-reactive ketones (excluding diaryl/α,β-unsaturated/α-hetero) is 1. The number of esters is 2. The summed E-state index contributed by atoms with van der Waals surface area (Å²) in [6.07, 6.45) is 8.69. The molecule has 0 unspecified atom stereocenters. The molecule has 0 saturated carbocycles. The first-order valence-electron chi connectivity index (χ1n) is 41.0. The summed E-state index contributed by atoms with van der Waals surface area (Å²) in [5.74, 6) is 2.06. The van der Waals surface area contributed by atoms with Crippen molar-refractivity contribution in [1.29, 1.82) is 0 Å². The summed E-state index contributed by atoms with van der Waals surface area (Å²) in [6, 6.07) is 62.0. The smallest absolute Gasteiger partial charge is 0.339 e. The lowest BCUT2D eigenvalue weighted by atomic mass is 10.0. The monoisotopic (exact) mass is 1680 g/mol. The first-order valence-corrected chi connectivity index (χ1v) is 42.9. The molecule has 1 saturated heterocycles. The number of carbonyl (C=O) groups is 4. The Bertz CT molecular complexity index is 6090. The zero-order valence-electron chi connectivity index (χ0n) is 69.8. The second-order valence-corrected chi connectivity index (χ2v) is 34.9. The molecule has 0 radical (unpaired) electrons. The number of nitrogens with zero attached hydrogens (tertiary/aromatic N) is 5. The Hall–Kier alpha value is -13.6. The maximum Gasteiger partial charge on any atom is 0.339 e. The van der Waals surface area contributed by atoms with Crippen molar-refractivity contribution in [3.8, 4) is 0 Å². The number of sulfonamides is 1. The van der Waals surface area contributed by atoms with Crippen molar-refractivity contribution in [2.24, 2.45) is 0 Å². The highest BCUT2D eigenvalue weighted by molar-refractivity contribution is 7.93. The molecule has 9 N–H and O–H groups in total. The Morgan fingerprint density at radius 3 is 1.57 bits per heavy atom. The number of pyridine rings is 1. The highest BCUT2D eigenvalue weighted by Gasteiger charge is 2.28. The molecule has 123 heavy (non-hydrogen) atoms. The number of amides is 1. The molecule has 8 aliphatic rings. The van der Waals surface area contributed by atoms with Gasteiger partial charge in [-0.15, -0.1) is 0 Å². The Morgan fingerprint density at radius 1 is 0.512 bits per heavy atom. The maximum atomic E-state index is 12.7. The zero-order valence-corrected chi connectivity index (χ0v) is 71.4. The van der Waals surface area contributed by atoms with Crippen LogP contribution in [0.15, 0.2) is 272 Å². The fourth-order valence-electron chi connectivity index (χ4n) is 16.2. The summed E-state index contributed by atoms with van der Waals surface area (Å²) in [5.41, 5.74) is 28.2. The molecule has 0 bridgehead atoms. The van der Waals surface area contributed by atoms with Crippen LogP contribution in [0.2, 0.25) is 5.02 Å². The average Bonchev–Trinajstić information content (AvgIpc) is 1.60. The summed E-state index contributed by atoms with van der Waals surface area (Å²) < 4.78 is 43.2. The number of rotatable bonds is 18. The molecule has 8 aliphatic heterocycles. The average molecular weight is 1690 g/mol. The highest BCUT2D eigenvalue weighted by atomic mass is 35.5. The standard InChI is InChI=1S/C24H28N2O2.C21H23ClN4O.C21H22N2O.C16H13N3O3S.C16H15N3O2/c1-16-11-20-13-18(5-7-21(20)25-16)15-26-10-9-19-12-17(6-8-22(19)26)14-23(27)28-24(2,3)4;1-15-23-19-7-4-17(12-20(19)24-15)13-21(27)26-10-8-25(9-11-26)14-16-2-5-18(22)6-3-16;1-14-9-19-12-17(3-5-20(19)22-14)13-23-8-7-18-11-16(10-15(2)24)4-6-21(18)23;1-10-17-13-7-6-11(8-14(13)18-10)19-23(20,21)16-9-22-15-5-3-2-4-12(15)16;1-10-18-14-6-3-11(8-15(14)19-10)7-13-5-4-12(9-17-13)16(20)21-2/h5-8,12-13,25H,1,9-11,14-15H2,2-4H3;2-7,12,23-24H,1,8-11,13-14H2;3-6,11-12,22H,1,7-10,13H2,2H3;2-9,17-19H,1H2;3-6,8-9,18-19H,1,7H2,2H3. The molecule has 2 aromatic heterocycles. The molecule has 11 aromatic rings. The van der Waals surface area contributed by atoms with E-state index in [2.05, 4.69) is 196 Å². The van der Waals surface area contributed by atoms with E-state index in [1.165, 1.54) is 81.3 Å². The predicted octanol–water partition coefficient (Wildman–Crippen LogP) is 18.3. The molecule has 10 heterocycles. The third-order valence-corrected chi connectivity index (χ3v) is 23.6. The number of allylic oxidation sites excluding steroid dienone is 2. The number of aromatic nitrogens is 1. The number of nitrogens with one attached hydrogen (secondary N) is 9. The number of piperazine rings is 1. The van der Waals surface area contributed by atoms with Crippen LogP contribution >= 0.6 is 11.6 Å². The molecule has 1 amide bonds. The van der Waals surface area contributed by atoms with Crippen LogP contribution in [-0.4, -0.2) is 98.8 Å². The van der Waals surface area contributed by atoms with Crippen LogP contribution < -0.4 is 57.1 Å². The van der Waals surface area contributed by atoms with Crippen LogP contribution in [-0.2, 0) is 105 Å². The number of halogens is 1. The van der Waals surface area contributed by atoms with Gasteiger partial charge in [0.15, 0.2) is 0 Å². The van der Waals surface area contributed by atoms with Crippen molar-refractivity contribution >= 4 is 119 Å². The minimum Gasteiger partial charge on any atom is -0.465 e. The number of carbonyl (C=O) groups excluding carboxylic acids is 4. The Morgan fingerprint density at radius 2 is 1.01 bits per heavy atom. The van der Waals surface area contributed by atoms with Gasteiger partial charge in [0, 0.05) is 141 Å². The minimum atomic E-state index is -3.74. The number of hydrogen-bond acceptors (Lipinski definition) is 21. The quantitative estimate of drug-likeness (QED) is 0.0361. The first-order chi connectivity index (χ1) is 59.1. The van der Waals surface area contributed by atoms with Crippen molar-refractivity contribution in [3.05, 3.63) is 340 Å². The molecule has 0 atom stereocenters. The van der Waals surface area contributed by atoms with E-state index in [-0.39, 0.29) is 28.5 Å². The van der Waals surface area contributed by atoms with Crippen molar-refractivity contribution in [3.63, 3.8) is 0 Å². The minimum absolute atomic E-state index is 0.115. The van der Waals surface area contributed by atoms with Crippen molar-refractivity contribution < 1.29 is 41.5 Å². The number of furan rings is 1. The summed E-state index contributed by atoms with van der Waals surface area (Å²) >= 11 is 5.94. The van der Waals surface area contributed by atoms with Gasteiger partial charge in [-0.05, 0) is 205 Å². The fraction of sp³-hybridized carbons (Fsp3) is 0.235. The third-order valence-electron chi connectivity index (χ3n) is 21.9. The van der Waals surface area contributed by atoms with E-state index in [0.717, 1.165) is 175 Å². The van der Waals surface area contributed by atoms with Gasteiger partial charge in [-0.1, -0.05) is 129 Å². The van der Waals surface area contributed by atoms with Gasteiger partial charge in [0.25, 0.3) is 10.0 Å². The second-order valence-electron chi connectivity index (χ2n) is 32.8. The van der Waals surface area contributed by atoms with Crippen molar-refractivity contribution in [2.75, 3.05) is 103 Å². The van der Waals surface area contributed by atoms with E-state index < -0.39 is 15.6 Å². The third kappa shape index (κ3) is 21.4.